The molecular formula is C56H67Cl4N7O11. The number of benzene rings is 4. The molecule has 0 heterocycles. The molecule has 0 bridgehead atoms. The summed E-state index contributed by atoms with van der Waals surface area (Å²) < 4.78 is 10.0. The molecule has 4 aromatic rings. The third kappa shape index (κ3) is 18.1. The Morgan fingerprint density at radius 2 is 1.03 bits per heavy atom. The summed E-state index contributed by atoms with van der Waals surface area (Å²) in [6.45, 7) is 5.48. The molecule has 4 aromatic carbocycles. The number of amides is 6. The molecule has 2 aliphatic rings. The third-order valence-electron chi connectivity index (χ3n) is 13.5. The normalized spacial score (nSPS) is 15.0. The van der Waals surface area contributed by atoms with Gasteiger partial charge in [-0.1, -0.05) is 108 Å². The number of rotatable bonds is 21. The van der Waals surface area contributed by atoms with Crippen LogP contribution in [0.3, 0.4) is 0 Å². The number of carboxylic acid groups (broad SMARTS) is 1. The molecule has 22 heteroatoms. The van der Waals surface area contributed by atoms with Crippen LogP contribution >= 0.6 is 46.4 Å². The van der Waals surface area contributed by atoms with E-state index in [1.165, 1.54) is 7.11 Å². The number of carboxylic acids is 1. The van der Waals surface area contributed by atoms with Gasteiger partial charge in [-0.3, -0.25) is 24.0 Å². The lowest BCUT2D eigenvalue weighted by Crippen LogP contribution is -2.49. The molecule has 2 saturated carbocycles. The van der Waals surface area contributed by atoms with Crippen molar-refractivity contribution in [2.45, 2.75) is 116 Å². The third-order valence-corrected chi connectivity index (χ3v) is 14.8. The average molecular weight is 1160 g/mol. The maximum atomic E-state index is 13.4. The average Bonchev–Trinajstić information content (AvgIpc) is 4.09. The molecule has 0 radical (unpaired) electrons. The topological polar surface area (TPSA) is 273 Å². The second-order valence-corrected chi connectivity index (χ2v) is 21.9. The number of nitrogens with one attached hydrogen (secondary N) is 6. The van der Waals surface area contributed by atoms with Crippen molar-refractivity contribution in [1.29, 1.82) is 0 Å². The van der Waals surface area contributed by atoms with E-state index in [-0.39, 0.29) is 69.0 Å². The van der Waals surface area contributed by atoms with Gasteiger partial charge in [0, 0.05) is 30.8 Å². The van der Waals surface area contributed by atoms with Crippen LogP contribution in [-0.4, -0.2) is 97.1 Å². The number of hydrogen-bond acceptors (Lipinski definition) is 11. The van der Waals surface area contributed by atoms with Crippen molar-refractivity contribution in [3.05, 3.63) is 127 Å². The summed E-state index contributed by atoms with van der Waals surface area (Å²) in [6.07, 6.45) is 6.74. The largest absolute Gasteiger partial charge is 0.480 e. The fourth-order valence-electron chi connectivity index (χ4n) is 9.43. The second kappa shape index (κ2) is 29.0. The molecule has 2 aliphatic carbocycles. The molecule has 6 rings (SSSR count). The Balaban J connectivity index is 0.000000297. The lowest BCUT2D eigenvalue weighted by atomic mass is 9.81. The van der Waals surface area contributed by atoms with Crippen LogP contribution in [0.15, 0.2) is 84.9 Å². The summed E-state index contributed by atoms with van der Waals surface area (Å²) in [6, 6.07) is 21.1. The zero-order valence-electron chi connectivity index (χ0n) is 44.0. The molecular weight excluding hydrogens is 1090 g/mol. The van der Waals surface area contributed by atoms with E-state index in [1.54, 1.807) is 106 Å². The molecule has 0 spiro atoms. The van der Waals surface area contributed by atoms with Gasteiger partial charge in [-0.2, -0.15) is 0 Å². The summed E-state index contributed by atoms with van der Waals surface area (Å²) in [7, 11) is 1.30. The molecule has 0 aliphatic heterocycles. The summed E-state index contributed by atoms with van der Waals surface area (Å²) in [5.41, 5.74) is 6.50. The van der Waals surface area contributed by atoms with Gasteiger partial charge in [0.05, 0.1) is 55.7 Å². The van der Waals surface area contributed by atoms with Crippen molar-refractivity contribution >= 4 is 105 Å². The summed E-state index contributed by atoms with van der Waals surface area (Å²) in [5, 5.41) is 27.0. The first kappa shape index (κ1) is 62.4. The quantitative estimate of drug-likeness (QED) is 0.0363. The summed E-state index contributed by atoms with van der Waals surface area (Å²) in [4.78, 5) is 100. The predicted molar refractivity (Wildman–Crippen MR) is 300 cm³/mol. The molecule has 2 atom stereocenters. The summed E-state index contributed by atoms with van der Waals surface area (Å²) >= 11 is 24.4. The number of carbonyl (C=O) groups excluding carboxylic acids is 7. The van der Waals surface area contributed by atoms with E-state index in [1.807, 2.05) is 0 Å². The molecule has 6 amide bonds. The van der Waals surface area contributed by atoms with Gasteiger partial charge in [0.15, 0.2) is 0 Å². The molecule has 0 saturated heterocycles. The highest BCUT2D eigenvalue weighted by molar-refractivity contribution is 6.41. The first-order valence-corrected chi connectivity index (χ1v) is 27.0. The minimum atomic E-state index is -1.19. The van der Waals surface area contributed by atoms with Crippen molar-refractivity contribution in [3.63, 3.8) is 0 Å². The van der Waals surface area contributed by atoms with Crippen LogP contribution in [0.2, 0.25) is 20.1 Å². The number of esters is 1. The smallest absolute Gasteiger partial charge is 0.408 e. The van der Waals surface area contributed by atoms with E-state index in [9.17, 15) is 43.5 Å². The maximum absolute atomic E-state index is 13.4. The van der Waals surface area contributed by atoms with Gasteiger partial charge in [0.25, 0.3) is 11.8 Å². The van der Waals surface area contributed by atoms with Crippen molar-refractivity contribution in [2.75, 3.05) is 37.4 Å². The lowest BCUT2D eigenvalue weighted by molar-refractivity contribution is -0.146. The number of halogens is 4. The molecule has 78 heavy (non-hydrogen) atoms. The highest BCUT2D eigenvalue weighted by Gasteiger charge is 2.43. The molecule has 0 aromatic heterocycles. The SMILES string of the molecule is CC(C)(C)OC(=O)NCC(=O)NCCC1(C(=O)N[C@@H](Cc2ccc(NC(=O)c3c(Cl)cccc3Cl)cc2)C(=O)O)CCCC1.COC(=O)[C@H](Cc1ccc(NC(=O)c2c(Cl)cccc2Cl)cc1)NC(=O)C1(CCN)CCCC1. The van der Waals surface area contributed by atoms with Crippen LogP contribution in [-0.2, 0) is 46.3 Å². The summed E-state index contributed by atoms with van der Waals surface area (Å²) in [5.74, 6) is -3.55. The molecule has 2 fully saturated rings. The zero-order chi connectivity index (χ0) is 57.2. The number of hydrogen-bond donors (Lipinski definition) is 8. The minimum Gasteiger partial charge on any atom is -0.480 e. The van der Waals surface area contributed by atoms with Crippen molar-refractivity contribution < 1.29 is 52.9 Å². The van der Waals surface area contributed by atoms with E-state index in [2.05, 4.69) is 31.9 Å². The van der Waals surface area contributed by atoms with Gasteiger partial charge in [-0.25, -0.2) is 14.4 Å². The van der Waals surface area contributed by atoms with Gasteiger partial charge in [0.1, 0.15) is 17.7 Å². The van der Waals surface area contributed by atoms with Crippen LogP contribution in [0.1, 0.15) is 117 Å². The van der Waals surface area contributed by atoms with E-state index >= 15 is 0 Å². The maximum Gasteiger partial charge on any atom is 0.408 e. The Labute approximate surface area is 473 Å². The van der Waals surface area contributed by atoms with Crippen LogP contribution in [0.25, 0.3) is 0 Å². The number of ether oxygens (including phenoxy) is 2. The zero-order valence-corrected chi connectivity index (χ0v) is 47.0. The van der Waals surface area contributed by atoms with E-state index in [0.717, 1.165) is 44.1 Å². The van der Waals surface area contributed by atoms with Crippen LogP contribution in [0.4, 0.5) is 16.2 Å². The van der Waals surface area contributed by atoms with Gasteiger partial charge in [-0.15, -0.1) is 0 Å². The number of alkyl carbamates (subject to hydrolysis) is 1. The highest BCUT2D eigenvalue weighted by Crippen LogP contribution is 2.42. The number of aliphatic carboxylic acids is 1. The standard InChI is InChI=1S/C31H38Cl2N4O7.C25H29Cl2N3O4/c1-30(2,3)44-29(43)35-18-24(38)34-16-15-31(13-4-5-14-31)28(42)37-23(27(40)41)17-19-9-11-20(12-10-19)36-26(39)25-21(32)7-6-8-22(25)33;1-34-23(32)20(30-24(33)25(13-14-28)11-2-3-12-25)15-16-7-9-17(10-8-16)29-22(31)21-18(26)5-4-6-19(21)27/h6-12,23H,4-5,13-18H2,1-3H3,(H,34,38)(H,35,43)(H,36,39)(H,37,42)(H,40,41);4-10,20H,2-3,11-15,28H2,1H3,(H,29,31)(H,30,33)/t23-;20-/m00/s1. The van der Waals surface area contributed by atoms with Gasteiger partial charge in [-0.05, 0) is 125 Å². The van der Waals surface area contributed by atoms with Gasteiger partial charge >= 0.3 is 18.0 Å². The molecule has 9 N–H and O–H groups in total. The number of methoxy groups -OCH3 is 1. The molecule has 18 nitrogen and oxygen atoms in total. The first-order valence-electron chi connectivity index (χ1n) is 25.5. The van der Waals surface area contributed by atoms with E-state index in [4.69, 9.17) is 61.6 Å². The van der Waals surface area contributed by atoms with Crippen molar-refractivity contribution in [2.24, 2.45) is 16.6 Å². The van der Waals surface area contributed by atoms with Crippen LogP contribution < -0.4 is 37.6 Å². The van der Waals surface area contributed by atoms with Gasteiger partial charge < -0.3 is 52.2 Å². The fourth-order valence-corrected chi connectivity index (χ4v) is 10.6. The second-order valence-electron chi connectivity index (χ2n) is 20.3. The highest BCUT2D eigenvalue weighted by atomic mass is 35.5. The van der Waals surface area contributed by atoms with Crippen molar-refractivity contribution in [3.8, 4) is 0 Å². The van der Waals surface area contributed by atoms with E-state index in [0.29, 0.717) is 49.2 Å². The van der Waals surface area contributed by atoms with Crippen LogP contribution in [0.5, 0.6) is 0 Å². The predicted octanol–water partition coefficient (Wildman–Crippen LogP) is 9.30. The monoisotopic (exact) mass is 1150 g/mol. The molecule has 0 unspecified atom stereocenters. The first-order chi connectivity index (χ1) is 37.0. The Morgan fingerprint density at radius 3 is 1.42 bits per heavy atom. The number of anilines is 2. The Kier molecular flexibility index (Phi) is 23.2. The van der Waals surface area contributed by atoms with Crippen LogP contribution in [0, 0.1) is 10.8 Å². The van der Waals surface area contributed by atoms with E-state index < -0.39 is 64.3 Å². The Morgan fingerprint density at radius 1 is 0.615 bits per heavy atom. The Bertz CT molecular complexity index is 2740. The molecule has 420 valence electrons. The van der Waals surface area contributed by atoms with Crippen molar-refractivity contribution in [1.82, 2.24) is 21.3 Å². The van der Waals surface area contributed by atoms with Gasteiger partial charge in [0.2, 0.25) is 17.7 Å². The number of nitrogens with two attached hydrogens (primary N) is 1. The lowest BCUT2D eigenvalue weighted by Gasteiger charge is -2.29. The Hall–Kier alpha value is -6.44. The minimum absolute atomic E-state index is 0.0226. The fraction of sp³-hybridized carbons (Fsp3) is 0.429. The number of carbonyl (C=O) groups is 8.